The van der Waals surface area contributed by atoms with Crippen LogP contribution in [0.5, 0.6) is 11.5 Å². The van der Waals surface area contributed by atoms with Crippen LogP contribution in [0.2, 0.25) is 0 Å². The van der Waals surface area contributed by atoms with Crippen LogP contribution in [0.25, 0.3) is 0 Å². The molecule has 2 aliphatic heterocycles. The lowest BCUT2D eigenvalue weighted by Gasteiger charge is -2.20. The number of alkyl halides is 2. The Morgan fingerprint density at radius 1 is 1.39 bits per heavy atom. The van der Waals surface area contributed by atoms with Gasteiger partial charge >= 0.3 is 0 Å². The Labute approximate surface area is 146 Å². The first-order valence-electron chi connectivity index (χ1n) is 6.91. The van der Waals surface area contributed by atoms with E-state index in [9.17, 15) is 13.6 Å². The molecule has 3 rings (SSSR count). The van der Waals surface area contributed by atoms with Crippen molar-refractivity contribution in [1.29, 1.82) is 0 Å². The van der Waals surface area contributed by atoms with E-state index in [0.717, 1.165) is 10.0 Å². The van der Waals surface area contributed by atoms with Crippen molar-refractivity contribution in [3.05, 3.63) is 22.2 Å². The molecule has 1 unspecified atom stereocenters. The number of halogens is 4. The number of carbonyl (C=O) groups is 1. The molecule has 1 amide bonds. The summed E-state index contributed by atoms with van der Waals surface area (Å²) in [6.45, 7) is 0.734. The van der Waals surface area contributed by atoms with Gasteiger partial charge in [-0.05, 0) is 33.6 Å². The van der Waals surface area contributed by atoms with Gasteiger partial charge in [-0.15, -0.1) is 12.4 Å². The van der Waals surface area contributed by atoms with E-state index < -0.39 is 30.8 Å². The Balaban J connectivity index is 0.00000192. The van der Waals surface area contributed by atoms with Crippen LogP contribution in [0, 0.1) is 0 Å². The second-order valence-electron chi connectivity index (χ2n) is 5.31. The quantitative estimate of drug-likeness (QED) is 0.798. The van der Waals surface area contributed by atoms with E-state index in [-0.39, 0.29) is 19.0 Å². The van der Waals surface area contributed by atoms with Crippen LogP contribution in [0.3, 0.4) is 0 Å². The summed E-state index contributed by atoms with van der Waals surface area (Å²) in [6, 6.07) is 2.73. The van der Waals surface area contributed by atoms with E-state index in [0.29, 0.717) is 24.7 Å². The first-order valence-corrected chi connectivity index (χ1v) is 7.71. The molecule has 1 aromatic carbocycles. The number of hydrogen-bond acceptors (Lipinski definition) is 4. The molecule has 1 atom stereocenters. The highest BCUT2D eigenvalue weighted by Gasteiger charge is 2.42. The maximum Gasteiger partial charge on any atom is 0.262 e. The topological polar surface area (TPSA) is 59.6 Å². The maximum atomic E-state index is 13.1. The summed E-state index contributed by atoms with van der Waals surface area (Å²) in [5.74, 6) is -2.00. The minimum atomic E-state index is -2.82. The van der Waals surface area contributed by atoms with Crippen LogP contribution in [0.15, 0.2) is 16.6 Å². The molecule has 0 aliphatic carbocycles. The van der Waals surface area contributed by atoms with Crippen molar-refractivity contribution in [2.24, 2.45) is 0 Å². The molecule has 2 aliphatic rings. The van der Waals surface area contributed by atoms with Crippen LogP contribution in [-0.4, -0.2) is 37.6 Å². The molecule has 0 bridgehead atoms. The molecule has 0 spiro atoms. The lowest BCUT2D eigenvalue weighted by molar-refractivity contribution is -0.123. The molecule has 1 saturated heterocycles. The highest BCUT2D eigenvalue weighted by atomic mass is 79.9. The van der Waals surface area contributed by atoms with E-state index in [2.05, 4.69) is 26.6 Å². The van der Waals surface area contributed by atoms with Crippen molar-refractivity contribution in [2.75, 3.05) is 19.8 Å². The molecule has 1 fully saturated rings. The predicted molar refractivity (Wildman–Crippen MR) is 85.6 cm³/mol. The van der Waals surface area contributed by atoms with Gasteiger partial charge in [0.15, 0.2) is 11.5 Å². The van der Waals surface area contributed by atoms with Crippen LogP contribution >= 0.6 is 28.3 Å². The van der Waals surface area contributed by atoms with E-state index in [1.807, 2.05) is 6.07 Å². The van der Waals surface area contributed by atoms with Crippen molar-refractivity contribution in [1.82, 2.24) is 10.6 Å². The van der Waals surface area contributed by atoms with Crippen LogP contribution in [0.4, 0.5) is 8.78 Å². The zero-order chi connectivity index (χ0) is 15.7. The zero-order valence-electron chi connectivity index (χ0n) is 12.0. The molecule has 9 heteroatoms. The third-order valence-corrected chi connectivity index (χ3v) is 4.14. The summed E-state index contributed by atoms with van der Waals surface area (Å²) < 4.78 is 37.9. The van der Waals surface area contributed by atoms with Gasteiger partial charge in [-0.3, -0.25) is 10.1 Å². The highest BCUT2D eigenvalue weighted by molar-refractivity contribution is 9.10. The highest BCUT2D eigenvalue weighted by Crippen LogP contribution is 2.38. The third-order valence-electron chi connectivity index (χ3n) is 3.55. The fourth-order valence-corrected chi connectivity index (χ4v) is 3.08. The Bertz CT molecular complexity index is 604. The van der Waals surface area contributed by atoms with Gasteiger partial charge in [0.2, 0.25) is 5.91 Å². The summed E-state index contributed by atoms with van der Waals surface area (Å²) in [6.07, 6.45) is -0.469. The van der Waals surface area contributed by atoms with E-state index in [1.54, 1.807) is 6.07 Å². The average molecular weight is 414 g/mol. The average Bonchev–Trinajstić information content (AvgIpc) is 2.85. The number of benzene rings is 1. The van der Waals surface area contributed by atoms with Gasteiger partial charge in [0.25, 0.3) is 5.92 Å². The maximum absolute atomic E-state index is 13.1. The number of hydrogen-bond donors (Lipinski definition) is 2. The third kappa shape index (κ3) is 4.24. The Hall–Kier alpha value is -1.12. The van der Waals surface area contributed by atoms with Gasteiger partial charge in [0.05, 0.1) is 17.1 Å². The largest absolute Gasteiger partial charge is 0.486 e. The number of ether oxygens (including phenoxy) is 2. The van der Waals surface area contributed by atoms with Crippen LogP contribution in [0.1, 0.15) is 12.0 Å². The number of rotatable bonds is 3. The lowest BCUT2D eigenvalue weighted by Crippen LogP contribution is -2.40. The molecule has 128 valence electrons. The van der Waals surface area contributed by atoms with Gasteiger partial charge in [-0.25, -0.2) is 8.78 Å². The second-order valence-corrected chi connectivity index (χ2v) is 6.17. The van der Waals surface area contributed by atoms with Crippen molar-refractivity contribution in [3.8, 4) is 11.5 Å². The lowest BCUT2D eigenvalue weighted by atomic mass is 10.1. The van der Waals surface area contributed by atoms with Gasteiger partial charge < -0.3 is 14.8 Å². The van der Waals surface area contributed by atoms with Gasteiger partial charge in [-0.2, -0.15) is 0 Å². The van der Waals surface area contributed by atoms with Gasteiger partial charge in [-0.1, -0.05) is 0 Å². The smallest absolute Gasteiger partial charge is 0.262 e. The molecule has 23 heavy (non-hydrogen) atoms. The Morgan fingerprint density at radius 2 is 2.13 bits per heavy atom. The summed E-state index contributed by atoms with van der Waals surface area (Å²) in [5.41, 5.74) is 0.800. The molecule has 0 radical (unpaired) electrons. The first-order chi connectivity index (χ1) is 10.4. The fourth-order valence-electron chi connectivity index (χ4n) is 2.48. The molecule has 0 aromatic heterocycles. The number of carbonyl (C=O) groups excluding carboxylic acids is 1. The van der Waals surface area contributed by atoms with Crippen LogP contribution in [-0.2, 0) is 11.3 Å². The molecule has 0 saturated carbocycles. The zero-order valence-corrected chi connectivity index (χ0v) is 14.4. The minimum absolute atomic E-state index is 0. The van der Waals surface area contributed by atoms with Crippen LogP contribution < -0.4 is 20.1 Å². The molecule has 2 N–H and O–H groups in total. The minimum Gasteiger partial charge on any atom is -0.486 e. The summed E-state index contributed by atoms with van der Waals surface area (Å²) >= 11 is 3.39. The molecular weight excluding hydrogens is 398 g/mol. The SMILES string of the molecule is Cl.O=C(NCc1cc(Br)c2c(c1)OCCO2)C1CC(F)(F)CN1. The summed E-state index contributed by atoms with van der Waals surface area (Å²) in [5, 5.41) is 5.19. The normalized spacial score (nSPS) is 21.4. The predicted octanol–water partition coefficient (Wildman–Crippen LogP) is 2.26. The standard InChI is InChI=1S/C14H15BrF2N2O3.ClH/c15-9-3-8(4-11-12(9)22-2-1-21-11)6-18-13(20)10-5-14(16,17)7-19-10;/h3-4,10,19H,1-2,5-7H2,(H,18,20);1H. The van der Waals surface area contributed by atoms with Gasteiger partial charge in [0.1, 0.15) is 13.2 Å². The second kappa shape index (κ2) is 7.19. The number of fused-ring (bicyclic) bond motifs is 1. The monoisotopic (exact) mass is 412 g/mol. The number of amides is 1. The van der Waals surface area contributed by atoms with E-state index in [1.165, 1.54) is 0 Å². The molecule has 1 aromatic rings. The van der Waals surface area contributed by atoms with Crippen molar-refractivity contribution >= 4 is 34.2 Å². The van der Waals surface area contributed by atoms with Crippen molar-refractivity contribution in [3.63, 3.8) is 0 Å². The molecule has 2 heterocycles. The van der Waals surface area contributed by atoms with E-state index in [4.69, 9.17) is 9.47 Å². The first kappa shape index (κ1) is 18.2. The number of nitrogens with one attached hydrogen (secondary N) is 2. The summed E-state index contributed by atoms with van der Waals surface area (Å²) in [7, 11) is 0. The molecule has 5 nitrogen and oxygen atoms in total. The Kier molecular flexibility index (Phi) is 5.70. The van der Waals surface area contributed by atoms with Gasteiger partial charge in [0, 0.05) is 13.0 Å². The molecular formula is C14H16BrClF2N2O3. The Morgan fingerprint density at radius 3 is 2.83 bits per heavy atom. The fraction of sp³-hybridized carbons (Fsp3) is 0.500. The summed E-state index contributed by atoms with van der Waals surface area (Å²) in [4.78, 5) is 11.9. The van der Waals surface area contributed by atoms with E-state index >= 15 is 0 Å². The van der Waals surface area contributed by atoms with Crippen molar-refractivity contribution in [2.45, 2.75) is 24.9 Å². The van der Waals surface area contributed by atoms with Crippen molar-refractivity contribution < 1.29 is 23.0 Å².